The summed E-state index contributed by atoms with van der Waals surface area (Å²) in [5.41, 5.74) is 6.84. The molecule has 0 unspecified atom stereocenters. The van der Waals surface area contributed by atoms with Crippen LogP contribution in [-0.2, 0) is 7.05 Å². The van der Waals surface area contributed by atoms with Crippen LogP contribution in [0.5, 0.6) is 0 Å². The van der Waals surface area contributed by atoms with E-state index in [9.17, 15) is 4.79 Å². The zero-order valence-electron chi connectivity index (χ0n) is 8.29. The minimum absolute atomic E-state index is 0.0314. The normalized spacial score (nSPS) is 15.5. The maximum Gasteiger partial charge on any atom is 0.267 e. The van der Waals surface area contributed by atoms with Gasteiger partial charge >= 0.3 is 0 Å². The highest BCUT2D eigenvalue weighted by atomic mass is 16.1. The number of aromatic nitrogens is 1. The molecule has 1 amide bonds. The minimum atomic E-state index is -0.0314. The summed E-state index contributed by atoms with van der Waals surface area (Å²) in [6.45, 7) is 0.796. The highest BCUT2D eigenvalue weighted by Gasteiger charge is 2.22. The second-order valence-electron chi connectivity index (χ2n) is 3.92. The first-order chi connectivity index (χ1) is 6.66. The Kier molecular flexibility index (Phi) is 2.19. The maximum atomic E-state index is 11.6. The highest BCUT2D eigenvalue weighted by Crippen LogP contribution is 2.27. The molecule has 0 spiro atoms. The lowest BCUT2D eigenvalue weighted by Gasteiger charge is -2.04. The molecule has 1 fully saturated rings. The van der Waals surface area contributed by atoms with E-state index in [1.165, 1.54) is 12.8 Å². The number of carbonyl (C=O) groups excluding carboxylic acids is 1. The molecule has 1 aliphatic carbocycles. The molecule has 2 rings (SSSR count). The molecule has 0 radical (unpaired) electrons. The van der Waals surface area contributed by atoms with Crippen LogP contribution in [0.2, 0.25) is 0 Å². The summed E-state index contributed by atoms with van der Waals surface area (Å²) in [5, 5.41) is 2.90. The predicted molar refractivity (Wildman–Crippen MR) is 54.9 cm³/mol. The molecular formula is C10H15N3O. The second kappa shape index (κ2) is 3.36. The maximum absolute atomic E-state index is 11.6. The summed E-state index contributed by atoms with van der Waals surface area (Å²) >= 11 is 0. The van der Waals surface area contributed by atoms with Gasteiger partial charge in [-0.1, -0.05) is 0 Å². The van der Waals surface area contributed by atoms with Crippen molar-refractivity contribution in [3.63, 3.8) is 0 Å². The summed E-state index contributed by atoms with van der Waals surface area (Å²) in [4.78, 5) is 11.6. The molecule has 0 atom stereocenters. The molecule has 76 valence electrons. The van der Waals surface area contributed by atoms with Crippen LogP contribution in [0.1, 0.15) is 23.3 Å². The number of aryl methyl sites for hydroxylation is 1. The van der Waals surface area contributed by atoms with Crippen molar-refractivity contribution in [1.29, 1.82) is 0 Å². The molecule has 0 aliphatic heterocycles. The van der Waals surface area contributed by atoms with Crippen molar-refractivity contribution in [2.45, 2.75) is 12.8 Å². The summed E-state index contributed by atoms with van der Waals surface area (Å²) in [6, 6.07) is 1.70. The van der Waals surface area contributed by atoms with Gasteiger partial charge in [0.15, 0.2) is 0 Å². The van der Waals surface area contributed by atoms with E-state index in [-0.39, 0.29) is 5.91 Å². The van der Waals surface area contributed by atoms with Crippen molar-refractivity contribution in [2.24, 2.45) is 13.0 Å². The fraction of sp³-hybridized carbons (Fsp3) is 0.500. The Bertz CT molecular complexity index is 352. The standard InChI is InChI=1S/C10H15N3O/c1-13-6-8(11)4-9(13)10(14)12-5-7-2-3-7/h4,6-7H,2-3,5,11H2,1H3,(H,12,14). The van der Waals surface area contributed by atoms with Crippen LogP contribution in [0.15, 0.2) is 12.3 Å². The molecule has 4 heteroatoms. The van der Waals surface area contributed by atoms with Gasteiger partial charge in [0.25, 0.3) is 5.91 Å². The lowest BCUT2D eigenvalue weighted by Crippen LogP contribution is -2.27. The van der Waals surface area contributed by atoms with E-state index < -0.39 is 0 Å². The third-order valence-electron chi connectivity index (χ3n) is 2.51. The Morgan fingerprint density at radius 3 is 2.93 bits per heavy atom. The molecule has 0 aromatic carbocycles. The van der Waals surface area contributed by atoms with Crippen LogP contribution in [-0.4, -0.2) is 17.0 Å². The molecule has 1 aliphatic rings. The van der Waals surface area contributed by atoms with E-state index in [1.807, 2.05) is 7.05 Å². The van der Waals surface area contributed by atoms with Crippen LogP contribution < -0.4 is 11.1 Å². The fourth-order valence-corrected chi connectivity index (χ4v) is 1.47. The van der Waals surface area contributed by atoms with E-state index >= 15 is 0 Å². The summed E-state index contributed by atoms with van der Waals surface area (Å²) in [5.74, 6) is 0.674. The molecule has 3 N–H and O–H groups in total. The van der Waals surface area contributed by atoms with E-state index in [0.717, 1.165) is 6.54 Å². The average molecular weight is 193 g/mol. The summed E-state index contributed by atoms with van der Waals surface area (Å²) in [6.07, 6.45) is 4.23. The van der Waals surface area contributed by atoms with Gasteiger partial charge in [-0.3, -0.25) is 4.79 Å². The first-order valence-corrected chi connectivity index (χ1v) is 4.87. The van der Waals surface area contributed by atoms with Crippen molar-refractivity contribution < 1.29 is 4.79 Å². The smallest absolute Gasteiger partial charge is 0.267 e. The average Bonchev–Trinajstić information content (AvgIpc) is 2.88. The van der Waals surface area contributed by atoms with Gasteiger partial charge in [-0.25, -0.2) is 0 Å². The number of anilines is 1. The van der Waals surface area contributed by atoms with Crippen molar-refractivity contribution in [2.75, 3.05) is 12.3 Å². The molecule has 0 saturated heterocycles. The van der Waals surface area contributed by atoms with Gasteiger partial charge in [0.2, 0.25) is 0 Å². The molecule has 4 nitrogen and oxygen atoms in total. The van der Waals surface area contributed by atoms with E-state index in [2.05, 4.69) is 5.32 Å². The topological polar surface area (TPSA) is 60.0 Å². The molecule has 1 aromatic rings. The SMILES string of the molecule is Cn1cc(N)cc1C(=O)NCC1CC1. The number of nitrogens with one attached hydrogen (secondary N) is 1. The Balaban J connectivity index is 1.98. The highest BCUT2D eigenvalue weighted by molar-refractivity contribution is 5.93. The number of hydrogen-bond donors (Lipinski definition) is 2. The van der Waals surface area contributed by atoms with Crippen LogP contribution in [0, 0.1) is 5.92 Å². The molecular weight excluding hydrogens is 178 g/mol. The lowest BCUT2D eigenvalue weighted by molar-refractivity contribution is 0.0943. The molecule has 1 heterocycles. The van der Waals surface area contributed by atoms with Crippen LogP contribution in [0.4, 0.5) is 5.69 Å². The van der Waals surface area contributed by atoms with Crippen molar-refractivity contribution >= 4 is 11.6 Å². The molecule has 1 aromatic heterocycles. The Hall–Kier alpha value is -1.45. The number of nitrogens with two attached hydrogens (primary N) is 1. The van der Waals surface area contributed by atoms with Gasteiger partial charge in [-0.15, -0.1) is 0 Å². The Morgan fingerprint density at radius 2 is 2.43 bits per heavy atom. The number of rotatable bonds is 3. The summed E-state index contributed by atoms with van der Waals surface area (Å²) in [7, 11) is 1.82. The number of carbonyl (C=O) groups is 1. The van der Waals surface area contributed by atoms with E-state index in [1.54, 1.807) is 16.8 Å². The van der Waals surface area contributed by atoms with Crippen LogP contribution in [0.25, 0.3) is 0 Å². The summed E-state index contributed by atoms with van der Waals surface area (Å²) < 4.78 is 1.75. The Morgan fingerprint density at radius 1 is 1.71 bits per heavy atom. The number of nitrogen functional groups attached to an aromatic ring is 1. The van der Waals surface area contributed by atoms with Crippen molar-refractivity contribution in [1.82, 2.24) is 9.88 Å². The number of hydrogen-bond acceptors (Lipinski definition) is 2. The second-order valence-corrected chi connectivity index (χ2v) is 3.92. The van der Waals surface area contributed by atoms with Gasteiger partial charge in [-0.05, 0) is 24.8 Å². The molecule has 0 bridgehead atoms. The van der Waals surface area contributed by atoms with Crippen LogP contribution in [0.3, 0.4) is 0 Å². The zero-order valence-corrected chi connectivity index (χ0v) is 8.29. The number of nitrogens with zero attached hydrogens (tertiary/aromatic N) is 1. The quantitative estimate of drug-likeness (QED) is 0.744. The first-order valence-electron chi connectivity index (χ1n) is 4.87. The Labute approximate surface area is 83.1 Å². The number of amides is 1. The van der Waals surface area contributed by atoms with E-state index in [4.69, 9.17) is 5.73 Å². The van der Waals surface area contributed by atoms with Gasteiger partial charge in [0, 0.05) is 19.8 Å². The lowest BCUT2D eigenvalue weighted by atomic mass is 10.3. The van der Waals surface area contributed by atoms with Crippen molar-refractivity contribution in [3.05, 3.63) is 18.0 Å². The zero-order chi connectivity index (χ0) is 10.1. The largest absolute Gasteiger partial charge is 0.397 e. The van der Waals surface area contributed by atoms with Gasteiger partial charge in [0.05, 0.1) is 5.69 Å². The van der Waals surface area contributed by atoms with Crippen molar-refractivity contribution in [3.8, 4) is 0 Å². The molecule has 14 heavy (non-hydrogen) atoms. The van der Waals surface area contributed by atoms with Gasteiger partial charge in [-0.2, -0.15) is 0 Å². The van der Waals surface area contributed by atoms with Gasteiger partial charge < -0.3 is 15.6 Å². The third kappa shape index (κ3) is 1.89. The van der Waals surface area contributed by atoms with Crippen LogP contribution >= 0.6 is 0 Å². The van der Waals surface area contributed by atoms with Gasteiger partial charge in [0.1, 0.15) is 5.69 Å². The third-order valence-corrected chi connectivity index (χ3v) is 2.51. The van der Waals surface area contributed by atoms with E-state index in [0.29, 0.717) is 17.3 Å². The fourth-order valence-electron chi connectivity index (χ4n) is 1.47. The first kappa shape index (κ1) is 9.12. The minimum Gasteiger partial charge on any atom is -0.397 e. The predicted octanol–water partition coefficient (Wildman–Crippen LogP) is 0.747. The monoisotopic (exact) mass is 193 g/mol. The molecule has 1 saturated carbocycles.